The van der Waals surface area contributed by atoms with E-state index in [0.717, 1.165) is 67.8 Å². The number of hydrogen-bond donors (Lipinski definition) is 0. The Bertz CT molecular complexity index is 1390. The summed E-state index contributed by atoms with van der Waals surface area (Å²) < 4.78 is 62.8. The van der Waals surface area contributed by atoms with Crippen LogP contribution in [0, 0.1) is 20.2 Å². The standard InChI is InChI=1S/C18H13N3O11S2/c1-31-18(22)16-10-11-17(32-16)21(33(27,28)14-6-2-12(3-7-14)19(23)24)34(29,30)15-8-4-13(5-9-15)20(25)26/h2-11H,1H3. The van der Waals surface area contributed by atoms with Gasteiger partial charge in [-0.05, 0) is 30.3 Å². The van der Waals surface area contributed by atoms with Gasteiger partial charge in [0.05, 0.1) is 26.7 Å². The largest absolute Gasteiger partial charge is 0.463 e. The number of nitro benzene ring substituents is 2. The molecule has 0 aliphatic heterocycles. The summed E-state index contributed by atoms with van der Waals surface area (Å²) in [5.41, 5.74) is -0.899. The number of nitrogens with zero attached hydrogens (tertiary/aromatic N) is 3. The molecule has 178 valence electrons. The summed E-state index contributed by atoms with van der Waals surface area (Å²) in [4.78, 5) is 30.6. The maximum atomic E-state index is 13.4. The van der Waals surface area contributed by atoms with Crippen LogP contribution in [0.15, 0.2) is 74.9 Å². The average molecular weight is 511 g/mol. The van der Waals surface area contributed by atoms with Crippen LogP contribution in [0.4, 0.5) is 17.3 Å². The SMILES string of the molecule is COC(=O)c1ccc(N(S(=O)(=O)c2ccc([N+](=O)[O-])cc2)S(=O)(=O)c2ccc([N+](=O)[O-])cc2)o1. The Kier molecular flexibility index (Phi) is 6.38. The molecule has 0 fully saturated rings. The van der Waals surface area contributed by atoms with E-state index < -0.39 is 68.7 Å². The number of ether oxygens (including phenoxy) is 1. The van der Waals surface area contributed by atoms with E-state index in [-0.39, 0.29) is 3.71 Å². The number of benzene rings is 2. The quantitative estimate of drug-likeness (QED) is 0.244. The summed E-state index contributed by atoms with van der Waals surface area (Å²) in [5, 5.41) is 21.8. The van der Waals surface area contributed by atoms with E-state index in [4.69, 9.17) is 4.42 Å². The number of anilines is 1. The highest BCUT2D eigenvalue weighted by Crippen LogP contribution is 2.33. The number of sulfonamides is 2. The number of furan rings is 1. The topological polar surface area (TPSA) is 197 Å². The summed E-state index contributed by atoms with van der Waals surface area (Å²) >= 11 is 0. The Morgan fingerprint density at radius 2 is 1.21 bits per heavy atom. The van der Waals surface area contributed by atoms with E-state index in [1.54, 1.807) is 0 Å². The van der Waals surface area contributed by atoms with Gasteiger partial charge in [-0.15, -0.1) is 3.71 Å². The highest BCUT2D eigenvalue weighted by atomic mass is 32.3. The molecule has 0 amide bonds. The first kappa shape index (κ1) is 24.3. The minimum absolute atomic E-state index is 0.130. The molecule has 0 aliphatic rings. The van der Waals surface area contributed by atoms with Crippen molar-refractivity contribution >= 4 is 43.3 Å². The maximum absolute atomic E-state index is 13.4. The molecule has 0 N–H and O–H groups in total. The molecule has 0 saturated carbocycles. The first-order chi connectivity index (χ1) is 15.9. The maximum Gasteiger partial charge on any atom is 0.374 e. The summed E-state index contributed by atoms with van der Waals surface area (Å²) in [6.07, 6.45) is 0. The van der Waals surface area contributed by atoms with Gasteiger partial charge < -0.3 is 9.15 Å². The normalized spacial score (nSPS) is 11.6. The molecule has 0 atom stereocenters. The van der Waals surface area contributed by atoms with Crippen molar-refractivity contribution in [1.82, 2.24) is 0 Å². The highest BCUT2D eigenvalue weighted by molar-refractivity contribution is 8.10. The number of carbonyl (C=O) groups is 1. The third kappa shape index (κ3) is 4.44. The lowest BCUT2D eigenvalue weighted by Crippen LogP contribution is -2.36. The molecule has 0 bridgehead atoms. The van der Waals surface area contributed by atoms with Crippen LogP contribution >= 0.6 is 0 Å². The molecule has 2 aromatic carbocycles. The zero-order valence-electron chi connectivity index (χ0n) is 16.9. The third-order valence-electron chi connectivity index (χ3n) is 4.29. The fourth-order valence-electron chi connectivity index (χ4n) is 2.67. The third-order valence-corrected chi connectivity index (χ3v) is 8.43. The van der Waals surface area contributed by atoms with Crippen molar-refractivity contribution < 1.29 is 40.6 Å². The molecule has 0 saturated heterocycles. The van der Waals surface area contributed by atoms with Gasteiger partial charge in [-0.1, -0.05) is 0 Å². The Hall–Kier alpha value is -4.31. The molecule has 0 radical (unpaired) electrons. The zero-order chi connectivity index (χ0) is 25.3. The van der Waals surface area contributed by atoms with Crippen molar-refractivity contribution in [3.63, 3.8) is 0 Å². The average Bonchev–Trinajstić information content (AvgIpc) is 3.27. The van der Waals surface area contributed by atoms with Crippen LogP contribution in [0.1, 0.15) is 10.6 Å². The Morgan fingerprint density at radius 1 is 0.794 bits per heavy atom. The van der Waals surface area contributed by atoms with Gasteiger partial charge in [0.1, 0.15) is 0 Å². The summed E-state index contributed by atoms with van der Waals surface area (Å²) in [5.74, 6) is -2.36. The number of nitro groups is 2. The van der Waals surface area contributed by atoms with E-state index in [9.17, 15) is 41.9 Å². The molecule has 0 aliphatic carbocycles. The fraction of sp³-hybridized carbons (Fsp3) is 0.0556. The first-order valence-corrected chi connectivity index (χ1v) is 11.7. The second-order valence-corrected chi connectivity index (χ2v) is 10.1. The van der Waals surface area contributed by atoms with Gasteiger partial charge >= 0.3 is 5.97 Å². The molecular formula is C18H13N3O11S2. The van der Waals surface area contributed by atoms with Crippen LogP contribution in [0.25, 0.3) is 0 Å². The molecule has 16 heteroatoms. The van der Waals surface area contributed by atoms with Crippen LogP contribution in [0.5, 0.6) is 0 Å². The highest BCUT2D eigenvalue weighted by Gasteiger charge is 2.40. The van der Waals surface area contributed by atoms with Gasteiger partial charge in [-0.2, -0.15) is 16.8 Å². The molecular weight excluding hydrogens is 498 g/mol. The van der Waals surface area contributed by atoms with Crippen LogP contribution in [0.2, 0.25) is 0 Å². The molecule has 0 spiro atoms. The van der Waals surface area contributed by atoms with Crippen LogP contribution < -0.4 is 3.71 Å². The van der Waals surface area contributed by atoms with Crippen molar-refractivity contribution in [1.29, 1.82) is 0 Å². The Balaban J connectivity index is 2.21. The lowest BCUT2D eigenvalue weighted by molar-refractivity contribution is -0.385. The van der Waals surface area contributed by atoms with Gasteiger partial charge in [0, 0.05) is 30.3 Å². The second-order valence-electron chi connectivity index (χ2n) is 6.34. The Labute approximate surface area is 191 Å². The summed E-state index contributed by atoms with van der Waals surface area (Å²) in [7, 11) is -8.99. The predicted octanol–water partition coefficient (Wildman–Crippen LogP) is 2.47. The number of esters is 1. The number of rotatable bonds is 8. The van der Waals surface area contributed by atoms with Crippen molar-refractivity contribution in [3.05, 3.63) is 86.7 Å². The van der Waals surface area contributed by atoms with Crippen molar-refractivity contribution in [3.8, 4) is 0 Å². The summed E-state index contributed by atoms with van der Waals surface area (Å²) in [6.45, 7) is 0. The molecule has 0 unspecified atom stereocenters. The van der Waals surface area contributed by atoms with E-state index in [1.807, 2.05) is 0 Å². The van der Waals surface area contributed by atoms with Crippen LogP contribution in [-0.4, -0.2) is 39.8 Å². The number of carbonyl (C=O) groups excluding carboxylic acids is 1. The molecule has 1 heterocycles. The van der Waals surface area contributed by atoms with E-state index in [2.05, 4.69) is 4.74 Å². The number of hydrogen-bond acceptors (Lipinski definition) is 11. The molecule has 34 heavy (non-hydrogen) atoms. The molecule has 3 rings (SSSR count). The zero-order valence-corrected chi connectivity index (χ0v) is 18.6. The van der Waals surface area contributed by atoms with Gasteiger partial charge in [-0.3, -0.25) is 20.2 Å². The second kappa shape index (κ2) is 8.91. The van der Waals surface area contributed by atoms with Crippen molar-refractivity contribution in [2.24, 2.45) is 0 Å². The van der Waals surface area contributed by atoms with E-state index in [1.165, 1.54) is 0 Å². The lowest BCUT2D eigenvalue weighted by Gasteiger charge is -2.21. The van der Waals surface area contributed by atoms with E-state index in [0.29, 0.717) is 0 Å². The van der Waals surface area contributed by atoms with E-state index >= 15 is 0 Å². The van der Waals surface area contributed by atoms with Gasteiger partial charge in [0.25, 0.3) is 31.4 Å². The molecule has 14 nitrogen and oxygen atoms in total. The van der Waals surface area contributed by atoms with Crippen molar-refractivity contribution in [2.75, 3.05) is 10.8 Å². The van der Waals surface area contributed by atoms with Crippen LogP contribution in [0.3, 0.4) is 0 Å². The van der Waals surface area contributed by atoms with Gasteiger partial charge in [0.15, 0.2) is 0 Å². The molecule has 1 aromatic heterocycles. The summed E-state index contributed by atoms with van der Waals surface area (Å²) in [6, 6.07) is 8.54. The van der Waals surface area contributed by atoms with Gasteiger partial charge in [-0.25, -0.2) is 4.79 Å². The lowest BCUT2D eigenvalue weighted by atomic mass is 10.3. The van der Waals surface area contributed by atoms with Gasteiger partial charge in [0.2, 0.25) is 11.6 Å². The fourth-order valence-corrected chi connectivity index (χ4v) is 6.24. The number of non-ortho nitro benzene ring substituents is 2. The number of methoxy groups -OCH3 is 1. The Morgan fingerprint density at radius 3 is 1.56 bits per heavy atom. The first-order valence-electron chi connectivity index (χ1n) is 8.87. The monoisotopic (exact) mass is 511 g/mol. The molecule has 3 aromatic rings. The predicted molar refractivity (Wildman–Crippen MR) is 113 cm³/mol. The van der Waals surface area contributed by atoms with Crippen LogP contribution in [-0.2, 0) is 24.8 Å². The minimum Gasteiger partial charge on any atom is -0.463 e. The minimum atomic E-state index is -5.00. The van der Waals surface area contributed by atoms with Crippen molar-refractivity contribution in [2.45, 2.75) is 9.79 Å². The smallest absolute Gasteiger partial charge is 0.374 e.